The minimum atomic E-state index is -0.447. The molecular weight excluding hydrogens is 430 g/mol. The topological polar surface area (TPSA) is 77.2 Å². The van der Waals surface area contributed by atoms with E-state index in [0.29, 0.717) is 19.0 Å². The lowest BCUT2D eigenvalue weighted by molar-refractivity contribution is 0.144. The highest BCUT2D eigenvalue weighted by Gasteiger charge is 2.28. The Labute approximate surface area is 177 Å². The lowest BCUT2D eigenvalue weighted by Crippen LogP contribution is -2.26. The zero-order valence-electron chi connectivity index (χ0n) is 15.6. The van der Waals surface area contributed by atoms with E-state index in [4.69, 9.17) is 10.5 Å². The number of alkyl carbamates (subject to hydrolysis) is 1. The molecule has 5 nitrogen and oxygen atoms in total. The van der Waals surface area contributed by atoms with E-state index >= 15 is 0 Å². The summed E-state index contributed by atoms with van der Waals surface area (Å²) in [7, 11) is 0. The van der Waals surface area contributed by atoms with Crippen LogP contribution in [0.1, 0.15) is 22.6 Å². The fourth-order valence-electron chi connectivity index (χ4n) is 3.58. The molecule has 0 bridgehead atoms. The average Bonchev–Trinajstić information content (AvgIpc) is 3.06. The molecule has 6 heteroatoms. The summed E-state index contributed by atoms with van der Waals surface area (Å²) in [4.78, 5) is 16.2. The Bertz CT molecular complexity index is 1040. The Kier molecular flexibility index (Phi) is 5.62. The van der Waals surface area contributed by atoms with Gasteiger partial charge in [0, 0.05) is 28.7 Å². The predicted octanol–water partition coefficient (Wildman–Crippen LogP) is 4.98. The number of pyridine rings is 1. The number of carbonyl (C=O) groups excluding carboxylic acids is 1. The van der Waals surface area contributed by atoms with Crippen LogP contribution < -0.4 is 11.1 Å². The molecule has 3 N–H and O–H groups in total. The standard InChI is InChI=1S/C23H20BrN3O2/c24-16-12-15(22(25)27-13-16)6-5-11-26-23(28)29-14-21-19-9-3-1-7-17(19)18-8-2-4-10-20(18)21/h1-10,12-13,21H,11,14H2,(H2,25,27)(H,26,28). The maximum absolute atomic E-state index is 12.1. The lowest BCUT2D eigenvalue weighted by atomic mass is 9.98. The molecule has 0 radical (unpaired) electrons. The van der Waals surface area contributed by atoms with Gasteiger partial charge in [0.25, 0.3) is 0 Å². The van der Waals surface area contributed by atoms with Crippen LogP contribution in [-0.2, 0) is 4.74 Å². The van der Waals surface area contributed by atoms with Crippen LogP contribution in [0.25, 0.3) is 17.2 Å². The molecule has 0 spiro atoms. The van der Waals surface area contributed by atoms with Gasteiger partial charge in [-0.3, -0.25) is 0 Å². The lowest BCUT2D eigenvalue weighted by Gasteiger charge is -2.14. The van der Waals surface area contributed by atoms with E-state index in [-0.39, 0.29) is 5.92 Å². The van der Waals surface area contributed by atoms with Crippen molar-refractivity contribution in [2.45, 2.75) is 5.92 Å². The number of nitrogen functional groups attached to an aromatic ring is 1. The van der Waals surface area contributed by atoms with Crippen molar-refractivity contribution in [3.8, 4) is 11.1 Å². The maximum atomic E-state index is 12.1. The molecule has 4 rings (SSSR count). The molecule has 1 amide bonds. The van der Waals surface area contributed by atoms with Gasteiger partial charge >= 0.3 is 6.09 Å². The average molecular weight is 450 g/mol. The molecule has 29 heavy (non-hydrogen) atoms. The molecule has 0 unspecified atom stereocenters. The highest BCUT2D eigenvalue weighted by molar-refractivity contribution is 9.10. The van der Waals surface area contributed by atoms with Crippen LogP contribution >= 0.6 is 15.9 Å². The summed E-state index contributed by atoms with van der Waals surface area (Å²) < 4.78 is 6.35. The first-order chi connectivity index (χ1) is 14.1. The third kappa shape index (κ3) is 4.17. The smallest absolute Gasteiger partial charge is 0.407 e. The number of aromatic nitrogens is 1. The van der Waals surface area contributed by atoms with E-state index in [1.165, 1.54) is 22.3 Å². The second-order valence-corrected chi connectivity index (χ2v) is 7.65. The summed E-state index contributed by atoms with van der Waals surface area (Å²) in [6.45, 7) is 0.634. The highest BCUT2D eigenvalue weighted by atomic mass is 79.9. The van der Waals surface area contributed by atoms with Gasteiger partial charge in [0.2, 0.25) is 0 Å². The van der Waals surface area contributed by atoms with Crippen molar-refractivity contribution in [1.82, 2.24) is 10.3 Å². The normalized spacial score (nSPS) is 12.6. The molecular formula is C23H20BrN3O2. The van der Waals surface area contributed by atoms with Gasteiger partial charge in [0.1, 0.15) is 12.4 Å². The predicted molar refractivity (Wildman–Crippen MR) is 118 cm³/mol. The number of hydrogen-bond acceptors (Lipinski definition) is 4. The van der Waals surface area contributed by atoms with Gasteiger partial charge in [0.15, 0.2) is 0 Å². The fraction of sp³-hybridized carbons (Fsp3) is 0.130. The van der Waals surface area contributed by atoms with E-state index in [1.807, 2.05) is 36.4 Å². The van der Waals surface area contributed by atoms with Crippen molar-refractivity contribution in [1.29, 1.82) is 0 Å². The number of amides is 1. The van der Waals surface area contributed by atoms with Crippen LogP contribution in [0.5, 0.6) is 0 Å². The minimum Gasteiger partial charge on any atom is -0.449 e. The van der Waals surface area contributed by atoms with Crippen molar-refractivity contribution in [3.63, 3.8) is 0 Å². The maximum Gasteiger partial charge on any atom is 0.407 e. The zero-order chi connectivity index (χ0) is 20.2. The second-order valence-electron chi connectivity index (χ2n) is 6.74. The molecule has 1 aromatic heterocycles. The molecule has 3 aromatic rings. The summed E-state index contributed by atoms with van der Waals surface area (Å²) in [6.07, 6.45) is 4.82. The number of nitrogens with one attached hydrogen (secondary N) is 1. The van der Waals surface area contributed by atoms with Gasteiger partial charge in [0.05, 0.1) is 0 Å². The SMILES string of the molecule is Nc1ncc(Br)cc1C=CCNC(=O)OCC1c2ccccc2-c2ccccc21. The fourth-order valence-corrected chi connectivity index (χ4v) is 3.93. The Morgan fingerprint density at radius 1 is 1.14 bits per heavy atom. The van der Waals surface area contributed by atoms with E-state index in [2.05, 4.69) is 50.5 Å². The van der Waals surface area contributed by atoms with E-state index in [0.717, 1.165) is 10.0 Å². The third-order valence-electron chi connectivity index (χ3n) is 4.92. The van der Waals surface area contributed by atoms with Gasteiger partial charge in [-0.25, -0.2) is 9.78 Å². The molecule has 0 saturated carbocycles. The van der Waals surface area contributed by atoms with Crippen molar-refractivity contribution in [2.24, 2.45) is 0 Å². The molecule has 1 aliphatic rings. The molecule has 0 fully saturated rings. The minimum absolute atomic E-state index is 0.0521. The van der Waals surface area contributed by atoms with Crippen LogP contribution in [0.4, 0.5) is 10.6 Å². The summed E-state index contributed by atoms with van der Waals surface area (Å²) in [6, 6.07) is 18.4. The first kappa shape index (κ1) is 19.2. The molecule has 0 aliphatic heterocycles. The third-order valence-corrected chi connectivity index (χ3v) is 5.36. The summed E-state index contributed by atoms with van der Waals surface area (Å²) in [5.74, 6) is 0.488. The van der Waals surface area contributed by atoms with Crippen LogP contribution in [0, 0.1) is 0 Å². The Morgan fingerprint density at radius 2 is 1.79 bits per heavy atom. The number of ether oxygens (including phenoxy) is 1. The van der Waals surface area contributed by atoms with Crippen LogP contribution in [0.3, 0.4) is 0 Å². The monoisotopic (exact) mass is 449 g/mol. The number of anilines is 1. The molecule has 1 aliphatic carbocycles. The Balaban J connectivity index is 1.34. The van der Waals surface area contributed by atoms with E-state index < -0.39 is 6.09 Å². The second kappa shape index (κ2) is 8.49. The molecule has 0 atom stereocenters. The van der Waals surface area contributed by atoms with E-state index in [1.54, 1.807) is 12.3 Å². The molecule has 2 aromatic carbocycles. The van der Waals surface area contributed by atoms with Crippen molar-refractivity contribution in [2.75, 3.05) is 18.9 Å². The number of hydrogen-bond donors (Lipinski definition) is 2. The van der Waals surface area contributed by atoms with Crippen LogP contribution in [0.2, 0.25) is 0 Å². The zero-order valence-corrected chi connectivity index (χ0v) is 17.2. The first-order valence-electron chi connectivity index (χ1n) is 9.30. The summed E-state index contributed by atoms with van der Waals surface area (Å²) in [5, 5.41) is 2.74. The largest absolute Gasteiger partial charge is 0.449 e. The first-order valence-corrected chi connectivity index (χ1v) is 10.1. The van der Waals surface area contributed by atoms with Gasteiger partial charge in [-0.1, -0.05) is 60.7 Å². The molecule has 0 saturated heterocycles. The summed E-state index contributed by atoms with van der Waals surface area (Å²) >= 11 is 3.36. The van der Waals surface area contributed by atoms with Gasteiger partial charge in [-0.15, -0.1) is 0 Å². The highest BCUT2D eigenvalue weighted by Crippen LogP contribution is 2.44. The number of carbonyl (C=O) groups is 1. The van der Waals surface area contributed by atoms with Gasteiger partial charge in [-0.2, -0.15) is 0 Å². The number of fused-ring (bicyclic) bond motifs is 3. The van der Waals surface area contributed by atoms with Crippen LogP contribution in [0.15, 0.2) is 71.3 Å². The number of benzene rings is 2. The molecule has 146 valence electrons. The number of halogens is 1. The Morgan fingerprint density at radius 3 is 2.48 bits per heavy atom. The molecule has 1 heterocycles. The Hall–Kier alpha value is -3.12. The quantitative estimate of drug-likeness (QED) is 0.575. The summed E-state index contributed by atoms with van der Waals surface area (Å²) in [5.41, 5.74) is 11.4. The van der Waals surface area contributed by atoms with Crippen LogP contribution in [-0.4, -0.2) is 24.2 Å². The van der Waals surface area contributed by atoms with E-state index in [9.17, 15) is 4.79 Å². The van der Waals surface area contributed by atoms with Crippen molar-refractivity contribution < 1.29 is 9.53 Å². The number of nitrogens with zero attached hydrogens (tertiary/aromatic N) is 1. The van der Waals surface area contributed by atoms with Gasteiger partial charge < -0.3 is 15.8 Å². The number of nitrogens with two attached hydrogens (primary N) is 1. The van der Waals surface area contributed by atoms with Crippen molar-refractivity contribution in [3.05, 3.63) is 88.0 Å². The number of rotatable bonds is 5. The van der Waals surface area contributed by atoms with Crippen molar-refractivity contribution >= 4 is 33.9 Å². The van der Waals surface area contributed by atoms with Gasteiger partial charge in [-0.05, 0) is 44.3 Å².